The number of ketones is 2. The van der Waals surface area contributed by atoms with Crippen molar-refractivity contribution in [1.29, 1.82) is 0 Å². The molecule has 0 bridgehead atoms. The maximum atomic E-state index is 12.0. The zero-order valence-electron chi connectivity index (χ0n) is 10.8. The van der Waals surface area contributed by atoms with Crippen molar-refractivity contribution in [3.63, 3.8) is 0 Å². The number of carbonyl (C=O) groups excluding carboxylic acids is 2. The van der Waals surface area contributed by atoms with Crippen molar-refractivity contribution in [3.05, 3.63) is 64.4 Å². The second-order valence-corrected chi connectivity index (χ2v) is 4.41. The number of allylic oxidation sites excluding steroid dienone is 4. The highest BCUT2D eigenvalue weighted by atomic mass is 16.3. The lowest BCUT2D eigenvalue weighted by molar-refractivity contribution is -0.117. The number of aliphatic hydroxyl groups is 1. The molecule has 3 heteroatoms. The van der Waals surface area contributed by atoms with Gasteiger partial charge in [0.2, 0.25) is 0 Å². The molecule has 0 spiro atoms. The van der Waals surface area contributed by atoms with Crippen LogP contribution in [0.2, 0.25) is 0 Å². The van der Waals surface area contributed by atoms with Crippen LogP contribution in [0.3, 0.4) is 0 Å². The minimum absolute atomic E-state index is 0.137. The van der Waals surface area contributed by atoms with Crippen molar-refractivity contribution in [2.45, 2.75) is 13.8 Å². The van der Waals surface area contributed by atoms with E-state index in [1.54, 1.807) is 19.9 Å². The van der Waals surface area contributed by atoms with E-state index in [4.69, 9.17) is 0 Å². The third-order valence-electron chi connectivity index (χ3n) is 3.20. The minimum atomic E-state index is -0.470. The van der Waals surface area contributed by atoms with Crippen molar-refractivity contribution in [1.82, 2.24) is 0 Å². The van der Waals surface area contributed by atoms with Crippen LogP contribution in [-0.4, -0.2) is 16.7 Å². The SMILES string of the molecule is CC1=C(C)C(O)=C(C(=O)/C=C/c2ccccc2)C1=O. The van der Waals surface area contributed by atoms with E-state index in [1.807, 2.05) is 30.3 Å². The van der Waals surface area contributed by atoms with Crippen LogP contribution in [0.4, 0.5) is 0 Å². The van der Waals surface area contributed by atoms with Crippen molar-refractivity contribution >= 4 is 17.6 Å². The summed E-state index contributed by atoms with van der Waals surface area (Å²) in [6.45, 7) is 3.23. The van der Waals surface area contributed by atoms with E-state index >= 15 is 0 Å². The maximum absolute atomic E-state index is 12.0. The van der Waals surface area contributed by atoms with Gasteiger partial charge in [0.05, 0.1) is 0 Å². The Kier molecular flexibility index (Phi) is 3.47. The molecule has 0 radical (unpaired) electrons. The Bertz CT molecular complexity index is 631. The van der Waals surface area contributed by atoms with Crippen LogP contribution < -0.4 is 0 Å². The molecule has 0 fully saturated rings. The first-order valence-corrected chi connectivity index (χ1v) is 5.95. The first-order valence-electron chi connectivity index (χ1n) is 5.95. The van der Waals surface area contributed by atoms with E-state index in [2.05, 4.69) is 0 Å². The van der Waals surface area contributed by atoms with E-state index in [0.29, 0.717) is 11.1 Å². The highest BCUT2D eigenvalue weighted by Gasteiger charge is 2.30. The summed E-state index contributed by atoms with van der Waals surface area (Å²) in [5, 5.41) is 9.81. The van der Waals surface area contributed by atoms with Gasteiger partial charge in [-0.2, -0.15) is 0 Å². The number of benzene rings is 1. The molecular formula is C16H14O3. The van der Waals surface area contributed by atoms with Crippen molar-refractivity contribution < 1.29 is 14.7 Å². The second kappa shape index (κ2) is 5.06. The Balaban J connectivity index is 2.24. The molecule has 0 unspecified atom stereocenters. The summed E-state index contributed by atoms with van der Waals surface area (Å²) in [5.74, 6) is -1.06. The molecule has 1 aliphatic rings. The number of Topliss-reactive ketones (excluding diaryl/α,β-unsaturated/α-hetero) is 1. The molecule has 0 heterocycles. The van der Waals surface area contributed by atoms with Crippen LogP contribution in [0.15, 0.2) is 58.9 Å². The van der Waals surface area contributed by atoms with Crippen LogP contribution in [0.25, 0.3) is 6.08 Å². The number of rotatable bonds is 3. The Labute approximate surface area is 111 Å². The van der Waals surface area contributed by atoms with Crippen molar-refractivity contribution in [3.8, 4) is 0 Å². The zero-order valence-corrected chi connectivity index (χ0v) is 10.8. The molecule has 0 saturated heterocycles. The zero-order chi connectivity index (χ0) is 14.0. The third-order valence-corrected chi connectivity index (χ3v) is 3.20. The molecule has 1 aromatic carbocycles. The van der Waals surface area contributed by atoms with Gasteiger partial charge in [0.15, 0.2) is 11.6 Å². The molecule has 0 aliphatic heterocycles. The van der Waals surface area contributed by atoms with Gasteiger partial charge in [-0.05, 0) is 31.1 Å². The number of carbonyl (C=O) groups is 2. The number of aliphatic hydroxyl groups excluding tert-OH is 1. The normalized spacial score (nSPS) is 15.8. The van der Waals surface area contributed by atoms with Gasteiger partial charge in [0.1, 0.15) is 11.3 Å². The van der Waals surface area contributed by atoms with E-state index < -0.39 is 11.6 Å². The van der Waals surface area contributed by atoms with Gasteiger partial charge in [-0.15, -0.1) is 0 Å². The summed E-state index contributed by atoms with van der Waals surface area (Å²) in [7, 11) is 0. The minimum Gasteiger partial charge on any atom is -0.507 e. The van der Waals surface area contributed by atoms with Crippen molar-refractivity contribution in [2.75, 3.05) is 0 Å². The lowest BCUT2D eigenvalue weighted by Gasteiger charge is -1.97. The first kappa shape index (κ1) is 13.0. The van der Waals surface area contributed by atoms with E-state index in [9.17, 15) is 14.7 Å². The smallest absolute Gasteiger partial charge is 0.196 e. The first-order chi connectivity index (χ1) is 9.02. The van der Waals surface area contributed by atoms with E-state index in [0.717, 1.165) is 5.56 Å². The molecule has 3 nitrogen and oxygen atoms in total. The average molecular weight is 254 g/mol. The Morgan fingerprint density at radius 1 is 1.11 bits per heavy atom. The standard InChI is InChI=1S/C16H14O3/c1-10-11(2)16(19)14(15(10)18)13(17)9-8-12-6-4-3-5-7-12/h3-9,18H,1-2H3/b9-8+. The van der Waals surface area contributed by atoms with Gasteiger partial charge < -0.3 is 5.11 Å². The lowest BCUT2D eigenvalue weighted by Crippen LogP contribution is -2.09. The summed E-state index contributed by atoms with van der Waals surface area (Å²) in [5.41, 5.74) is 1.63. The summed E-state index contributed by atoms with van der Waals surface area (Å²) in [4.78, 5) is 23.8. The van der Waals surface area contributed by atoms with Gasteiger partial charge >= 0.3 is 0 Å². The maximum Gasteiger partial charge on any atom is 0.196 e. The molecule has 0 amide bonds. The molecule has 0 aromatic heterocycles. The van der Waals surface area contributed by atoms with Crippen LogP contribution in [-0.2, 0) is 9.59 Å². The van der Waals surface area contributed by atoms with Crippen LogP contribution >= 0.6 is 0 Å². The predicted octanol–water partition coefficient (Wildman–Crippen LogP) is 3.00. The Morgan fingerprint density at radius 2 is 1.74 bits per heavy atom. The summed E-state index contributed by atoms with van der Waals surface area (Å²) in [6, 6.07) is 9.30. The van der Waals surface area contributed by atoms with Gasteiger partial charge in [-0.1, -0.05) is 36.4 Å². The number of hydrogen-bond acceptors (Lipinski definition) is 3. The fourth-order valence-electron chi connectivity index (χ4n) is 1.88. The van der Waals surface area contributed by atoms with Crippen LogP contribution in [0, 0.1) is 0 Å². The summed E-state index contributed by atoms with van der Waals surface area (Å²) >= 11 is 0. The largest absolute Gasteiger partial charge is 0.507 e. The molecule has 1 aliphatic carbocycles. The molecule has 1 aromatic rings. The molecule has 0 atom stereocenters. The number of hydrogen-bond donors (Lipinski definition) is 1. The molecule has 96 valence electrons. The molecule has 0 saturated carbocycles. The highest BCUT2D eigenvalue weighted by molar-refractivity contribution is 6.32. The third kappa shape index (κ3) is 2.40. The van der Waals surface area contributed by atoms with Crippen molar-refractivity contribution in [2.24, 2.45) is 0 Å². The fourth-order valence-corrected chi connectivity index (χ4v) is 1.88. The molecule has 2 rings (SSSR count). The predicted molar refractivity (Wildman–Crippen MR) is 73.5 cm³/mol. The Hall–Kier alpha value is -2.42. The van der Waals surface area contributed by atoms with Gasteiger partial charge in [-0.3, -0.25) is 9.59 Å². The van der Waals surface area contributed by atoms with E-state index in [1.165, 1.54) is 6.08 Å². The van der Waals surface area contributed by atoms with Gasteiger partial charge in [0.25, 0.3) is 0 Å². The monoisotopic (exact) mass is 254 g/mol. The van der Waals surface area contributed by atoms with E-state index in [-0.39, 0.29) is 11.3 Å². The van der Waals surface area contributed by atoms with Gasteiger partial charge in [0, 0.05) is 5.57 Å². The summed E-state index contributed by atoms with van der Waals surface area (Å²) < 4.78 is 0. The van der Waals surface area contributed by atoms with Crippen LogP contribution in [0.1, 0.15) is 19.4 Å². The van der Waals surface area contributed by atoms with Crippen LogP contribution in [0.5, 0.6) is 0 Å². The van der Waals surface area contributed by atoms with Gasteiger partial charge in [-0.25, -0.2) is 0 Å². The molecule has 19 heavy (non-hydrogen) atoms. The lowest BCUT2D eigenvalue weighted by atomic mass is 10.1. The average Bonchev–Trinajstić information content (AvgIpc) is 2.62. The molecule has 1 N–H and O–H groups in total. The molecular weight excluding hydrogens is 240 g/mol. The summed E-state index contributed by atoms with van der Waals surface area (Å²) in [6.07, 6.45) is 2.93. The highest BCUT2D eigenvalue weighted by Crippen LogP contribution is 2.27. The topological polar surface area (TPSA) is 54.4 Å². The fraction of sp³-hybridized carbons (Fsp3) is 0.125. The Morgan fingerprint density at radius 3 is 2.26 bits per heavy atom. The second-order valence-electron chi connectivity index (χ2n) is 4.41. The quantitative estimate of drug-likeness (QED) is 0.666.